The molecular weight excluding hydrogens is 316 g/mol. The number of likely N-dealkylation sites (tertiary alicyclic amines) is 1. The zero-order valence-electron chi connectivity index (χ0n) is 11.4. The Kier molecular flexibility index (Phi) is 2.82. The molecule has 1 aromatic rings. The molecule has 0 radical (unpaired) electrons. The van der Waals surface area contributed by atoms with Crippen molar-refractivity contribution in [3.8, 4) is 0 Å². The molecule has 2 fully saturated rings. The number of para-hydroxylation sites is 1. The maximum absolute atomic E-state index is 6.21. The SMILES string of the molecule is NC1=NCC2(CCN(C3CC3)C2)N1c1ccccc1Br. The Bertz CT molecular complexity index is 569. The minimum Gasteiger partial charge on any atom is -0.369 e. The van der Waals surface area contributed by atoms with E-state index in [0.29, 0.717) is 5.96 Å². The average molecular weight is 335 g/mol. The van der Waals surface area contributed by atoms with Gasteiger partial charge >= 0.3 is 0 Å². The maximum atomic E-state index is 6.21. The monoisotopic (exact) mass is 334 g/mol. The van der Waals surface area contributed by atoms with E-state index < -0.39 is 0 Å². The molecule has 106 valence electrons. The van der Waals surface area contributed by atoms with Gasteiger partial charge in [-0.25, -0.2) is 0 Å². The highest BCUT2D eigenvalue weighted by Crippen LogP contribution is 2.42. The number of rotatable bonds is 2. The van der Waals surface area contributed by atoms with E-state index in [1.165, 1.54) is 19.4 Å². The molecule has 5 heteroatoms. The minimum atomic E-state index is 0.0660. The molecule has 0 aromatic heterocycles. The second-order valence-corrected chi connectivity index (χ2v) is 6.99. The number of nitrogens with two attached hydrogens (primary N) is 1. The molecule has 4 rings (SSSR count). The molecular formula is C15H19BrN4. The summed E-state index contributed by atoms with van der Waals surface area (Å²) in [6, 6.07) is 9.11. The van der Waals surface area contributed by atoms with Gasteiger partial charge in [0.05, 0.1) is 17.8 Å². The fourth-order valence-corrected chi connectivity index (χ4v) is 4.04. The van der Waals surface area contributed by atoms with Crippen LogP contribution < -0.4 is 10.6 Å². The summed E-state index contributed by atoms with van der Waals surface area (Å²) >= 11 is 3.65. The molecule has 2 heterocycles. The van der Waals surface area contributed by atoms with Crippen LogP contribution in [0, 0.1) is 0 Å². The zero-order chi connectivity index (χ0) is 13.7. The van der Waals surface area contributed by atoms with E-state index in [4.69, 9.17) is 5.73 Å². The van der Waals surface area contributed by atoms with Gasteiger partial charge in [-0.1, -0.05) is 12.1 Å². The van der Waals surface area contributed by atoms with Crippen molar-refractivity contribution in [1.82, 2.24) is 4.90 Å². The van der Waals surface area contributed by atoms with Crippen LogP contribution in [0.3, 0.4) is 0 Å². The lowest BCUT2D eigenvalue weighted by Gasteiger charge is -2.36. The first-order chi connectivity index (χ1) is 9.70. The van der Waals surface area contributed by atoms with Crippen LogP contribution in [0.5, 0.6) is 0 Å². The zero-order valence-corrected chi connectivity index (χ0v) is 13.0. The van der Waals surface area contributed by atoms with E-state index in [0.717, 1.165) is 35.7 Å². The van der Waals surface area contributed by atoms with Crippen molar-refractivity contribution in [1.29, 1.82) is 0 Å². The minimum absolute atomic E-state index is 0.0660. The van der Waals surface area contributed by atoms with Gasteiger partial charge < -0.3 is 10.6 Å². The first-order valence-electron chi connectivity index (χ1n) is 7.28. The summed E-state index contributed by atoms with van der Waals surface area (Å²) in [5.41, 5.74) is 7.42. The van der Waals surface area contributed by atoms with E-state index in [2.05, 4.69) is 48.9 Å². The van der Waals surface area contributed by atoms with Crippen LogP contribution in [0.25, 0.3) is 0 Å². The van der Waals surface area contributed by atoms with Crippen LogP contribution in [0.15, 0.2) is 33.7 Å². The van der Waals surface area contributed by atoms with E-state index in [1.54, 1.807) is 0 Å². The highest BCUT2D eigenvalue weighted by Gasteiger charge is 2.50. The first kappa shape index (κ1) is 12.7. The van der Waals surface area contributed by atoms with Crippen LogP contribution >= 0.6 is 15.9 Å². The molecule has 1 aromatic carbocycles. The molecule has 20 heavy (non-hydrogen) atoms. The highest BCUT2D eigenvalue weighted by atomic mass is 79.9. The lowest BCUT2D eigenvalue weighted by molar-refractivity contribution is 0.306. The van der Waals surface area contributed by atoms with Gasteiger partial charge in [-0.2, -0.15) is 0 Å². The summed E-state index contributed by atoms with van der Waals surface area (Å²) in [4.78, 5) is 9.44. The number of benzene rings is 1. The van der Waals surface area contributed by atoms with Crippen molar-refractivity contribution in [3.63, 3.8) is 0 Å². The van der Waals surface area contributed by atoms with Gasteiger partial charge in [0.2, 0.25) is 0 Å². The predicted molar refractivity (Wildman–Crippen MR) is 85.1 cm³/mol. The molecule has 2 N–H and O–H groups in total. The van der Waals surface area contributed by atoms with Gasteiger partial charge in [0.15, 0.2) is 5.96 Å². The van der Waals surface area contributed by atoms with Gasteiger partial charge in [-0.05, 0) is 47.3 Å². The Labute approximate surface area is 127 Å². The Morgan fingerprint density at radius 1 is 1.30 bits per heavy atom. The largest absolute Gasteiger partial charge is 0.369 e. The molecule has 1 aliphatic carbocycles. The first-order valence-corrected chi connectivity index (χ1v) is 8.08. The number of anilines is 1. The number of hydrogen-bond donors (Lipinski definition) is 1. The Balaban J connectivity index is 1.69. The molecule has 1 saturated carbocycles. The van der Waals surface area contributed by atoms with E-state index >= 15 is 0 Å². The molecule has 3 aliphatic rings. The third-order valence-electron chi connectivity index (χ3n) is 4.76. The van der Waals surface area contributed by atoms with Gasteiger partial charge in [0.1, 0.15) is 0 Å². The topological polar surface area (TPSA) is 44.9 Å². The normalized spacial score (nSPS) is 30.2. The second kappa shape index (κ2) is 4.46. The van der Waals surface area contributed by atoms with E-state index in [9.17, 15) is 0 Å². The molecule has 0 amide bonds. The van der Waals surface area contributed by atoms with Crippen molar-refractivity contribution >= 4 is 27.6 Å². The summed E-state index contributed by atoms with van der Waals surface area (Å²) in [6.07, 6.45) is 3.87. The third kappa shape index (κ3) is 1.87. The summed E-state index contributed by atoms with van der Waals surface area (Å²) in [6.45, 7) is 3.08. The molecule has 1 spiro atoms. The number of hydrogen-bond acceptors (Lipinski definition) is 4. The quantitative estimate of drug-likeness (QED) is 0.901. The maximum Gasteiger partial charge on any atom is 0.196 e. The second-order valence-electron chi connectivity index (χ2n) is 6.14. The number of halogens is 1. The van der Waals surface area contributed by atoms with Crippen LogP contribution in [-0.4, -0.2) is 42.1 Å². The summed E-state index contributed by atoms with van der Waals surface area (Å²) in [5, 5.41) is 0. The summed E-state index contributed by atoms with van der Waals surface area (Å²) in [5.74, 6) is 0.662. The summed E-state index contributed by atoms with van der Waals surface area (Å²) in [7, 11) is 0. The number of nitrogens with zero attached hydrogens (tertiary/aromatic N) is 3. The predicted octanol–water partition coefficient (Wildman–Crippen LogP) is 2.19. The Morgan fingerprint density at radius 3 is 2.85 bits per heavy atom. The Hall–Kier alpha value is -1.07. The molecule has 2 aliphatic heterocycles. The van der Waals surface area contributed by atoms with Crippen molar-refractivity contribution < 1.29 is 0 Å². The van der Waals surface area contributed by atoms with Gasteiger partial charge in [-0.15, -0.1) is 0 Å². The van der Waals surface area contributed by atoms with Crippen molar-refractivity contribution in [2.75, 3.05) is 24.5 Å². The van der Waals surface area contributed by atoms with Gasteiger partial charge in [-0.3, -0.25) is 9.89 Å². The smallest absolute Gasteiger partial charge is 0.196 e. The molecule has 1 atom stereocenters. The molecule has 4 nitrogen and oxygen atoms in total. The van der Waals surface area contributed by atoms with Gasteiger partial charge in [0, 0.05) is 23.6 Å². The van der Waals surface area contributed by atoms with E-state index in [1.807, 2.05) is 6.07 Å². The van der Waals surface area contributed by atoms with Gasteiger partial charge in [0.25, 0.3) is 0 Å². The number of aliphatic imine (C=N–C) groups is 1. The Morgan fingerprint density at radius 2 is 2.10 bits per heavy atom. The van der Waals surface area contributed by atoms with Crippen molar-refractivity contribution in [2.45, 2.75) is 30.8 Å². The van der Waals surface area contributed by atoms with Crippen LogP contribution in [-0.2, 0) is 0 Å². The number of guanidine groups is 1. The molecule has 0 bridgehead atoms. The van der Waals surface area contributed by atoms with Crippen LogP contribution in [0.1, 0.15) is 19.3 Å². The summed E-state index contributed by atoms with van der Waals surface area (Å²) < 4.78 is 1.09. The van der Waals surface area contributed by atoms with Crippen LogP contribution in [0.2, 0.25) is 0 Å². The molecule has 1 unspecified atom stereocenters. The van der Waals surface area contributed by atoms with Crippen molar-refractivity contribution in [3.05, 3.63) is 28.7 Å². The van der Waals surface area contributed by atoms with Crippen molar-refractivity contribution in [2.24, 2.45) is 10.7 Å². The van der Waals surface area contributed by atoms with E-state index in [-0.39, 0.29) is 5.54 Å². The van der Waals surface area contributed by atoms with Crippen LogP contribution in [0.4, 0.5) is 5.69 Å². The fraction of sp³-hybridized carbons (Fsp3) is 0.533. The average Bonchev–Trinajstić information content (AvgIpc) is 3.14. The fourth-order valence-electron chi connectivity index (χ4n) is 3.58. The lowest BCUT2D eigenvalue weighted by atomic mass is 9.97. The highest BCUT2D eigenvalue weighted by molar-refractivity contribution is 9.10. The molecule has 1 saturated heterocycles. The third-order valence-corrected chi connectivity index (χ3v) is 5.43. The standard InChI is InChI=1S/C15H19BrN4/c16-12-3-1-2-4-13(12)20-14(17)18-9-15(20)7-8-19(10-15)11-5-6-11/h1-4,11H,5-10H2,(H2,17,18). The lowest BCUT2D eigenvalue weighted by Crippen LogP contribution is -2.54.